The van der Waals surface area contributed by atoms with Crippen LogP contribution in [0.5, 0.6) is 0 Å². The molecule has 0 bridgehead atoms. The molecule has 0 saturated carbocycles. The van der Waals surface area contributed by atoms with Crippen LogP contribution in [0.15, 0.2) is 0 Å². The highest BCUT2D eigenvalue weighted by atomic mass is 19.3. The third-order valence-electron chi connectivity index (χ3n) is 1.06. The number of amides is 1. The molecule has 0 aromatic rings. The van der Waals surface area contributed by atoms with Crippen molar-refractivity contribution in [3.63, 3.8) is 0 Å². The monoisotopic (exact) mass is 201 g/mol. The number of carboxylic acid groups (broad SMARTS) is 1. The topological polar surface area (TPSA) is 86.6 Å². The molecule has 0 aliphatic carbocycles. The molecule has 8 heteroatoms. The second kappa shape index (κ2) is 3.21. The molecule has 0 aromatic heterocycles. The molecule has 13 heavy (non-hydrogen) atoms. The number of hydrogen-bond donors (Lipinski definition) is 3. The normalized spacial score (nSPS) is 16.1. The van der Waals surface area contributed by atoms with Crippen LogP contribution >= 0.6 is 0 Å². The Morgan fingerprint density at radius 2 is 1.69 bits per heavy atom. The second-order valence-corrected chi connectivity index (χ2v) is 2.19. The lowest BCUT2D eigenvalue weighted by molar-refractivity contribution is -0.286. The standard InChI is InChI=1S/C5H6F3NO4/c1-2(10)9-4(6,3(11)12)5(7,8)13/h13H,1H3,(H,9,10)(H,11,12)/t4-/m1/s1. The molecule has 0 radical (unpaired) electrons. The van der Waals surface area contributed by atoms with E-state index in [0.717, 1.165) is 5.32 Å². The lowest BCUT2D eigenvalue weighted by Crippen LogP contribution is -2.62. The summed E-state index contributed by atoms with van der Waals surface area (Å²) in [4.78, 5) is 20.1. The van der Waals surface area contributed by atoms with Crippen LogP contribution < -0.4 is 5.32 Å². The fraction of sp³-hybridized carbons (Fsp3) is 0.600. The van der Waals surface area contributed by atoms with E-state index in [1.165, 1.54) is 0 Å². The van der Waals surface area contributed by atoms with E-state index in [2.05, 4.69) is 0 Å². The molecule has 0 rings (SSSR count). The number of carbonyl (C=O) groups is 2. The Morgan fingerprint density at radius 3 is 1.77 bits per heavy atom. The van der Waals surface area contributed by atoms with Gasteiger partial charge in [-0.2, -0.15) is 13.2 Å². The summed E-state index contributed by atoms with van der Waals surface area (Å²) in [6.45, 7) is 0.628. The molecule has 1 atom stereocenters. The molecule has 5 nitrogen and oxygen atoms in total. The van der Waals surface area contributed by atoms with Gasteiger partial charge in [0, 0.05) is 6.92 Å². The molecule has 0 aromatic carbocycles. The first-order valence-corrected chi connectivity index (χ1v) is 2.92. The van der Waals surface area contributed by atoms with E-state index >= 15 is 0 Å². The first-order valence-electron chi connectivity index (χ1n) is 2.92. The van der Waals surface area contributed by atoms with E-state index in [-0.39, 0.29) is 0 Å². The number of halogens is 3. The van der Waals surface area contributed by atoms with E-state index < -0.39 is 23.8 Å². The van der Waals surface area contributed by atoms with Crippen LogP contribution in [0, 0.1) is 0 Å². The number of rotatable bonds is 3. The van der Waals surface area contributed by atoms with E-state index in [9.17, 15) is 22.8 Å². The van der Waals surface area contributed by atoms with Gasteiger partial charge in [-0.3, -0.25) is 4.79 Å². The van der Waals surface area contributed by atoms with Gasteiger partial charge in [0.1, 0.15) is 0 Å². The Labute approximate surface area is 70.2 Å². The van der Waals surface area contributed by atoms with Crippen LogP contribution in [0.4, 0.5) is 13.2 Å². The highest BCUT2D eigenvalue weighted by Crippen LogP contribution is 2.27. The highest BCUT2D eigenvalue weighted by Gasteiger charge is 2.61. The van der Waals surface area contributed by atoms with Crippen molar-refractivity contribution in [1.29, 1.82) is 0 Å². The van der Waals surface area contributed by atoms with Crippen LogP contribution in [-0.2, 0) is 9.59 Å². The summed E-state index contributed by atoms with van der Waals surface area (Å²) in [5.41, 5.74) is 0. The van der Waals surface area contributed by atoms with Crippen LogP contribution in [0.3, 0.4) is 0 Å². The maximum atomic E-state index is 12.7. The van der Waals surface area contributed by atoms with Gasteiger partial charge in [-0.05, 0) is 0 Å². The molecule has 0 unspecified atom stereocenters. The summed E-state index contributed by atoms with van der Waals surface area (Å²) >= 11 is 0. The van der Waals surface area contributed by atoms with E-state index in [1.807, 2.05) is 0 Å². The van der Waals surface area contributed by atoms with Gasteiger partial charge in [-0.15, -0.1) is 0 Å². The fourth-order valence-electron chi connectivity index (χ4n) is 0.500. The third kappa shape index (κ3) is 2.31. The van der Waals surface area contributed by atoms with Crippen LogP contribution in [0.25, 0.3) is 0 Å². The van der Waals surface area contributed by atoms with Crippen molar-refractivity contribution in [2.24, 2.45) is 0 Å². The fourth-order valence-corrected chi connectivity index (χ4v) is 0.500. The molecule has 0 saturated heterocycles. The second-order valence-electron chi connectivity index (χ2n) is 2.19. The summed E-state index contributed by atoms with van der Waals surface area (Å²) in [6.07, 6.45) is -5.19. The zero-order valence-corrected chi connectivity index (χ0v) is 6.34. The number of carboxylic acids is 1. The largest absolute Gasteiger partial charge is 0.477 e. The lowest BCUT2D eigenvalue weighted by atomic mass is 10.2. The van der Waals surface area contributed by atoms with Crippen molar-refractivity contribution >= 4 is 11.9 Å². The number of nitrogens with one attached hydrogen (secondary N) is 1. The molecule has 0 spiro atoms. The Bertz CT molecular complexity index is 238. The number of aliphatic hydroxyl groups is 1. The van der Waals surface area contributed by atoms with Gasteiger partial charge in [0.15, 0.2) is 0 Å². The smallest absolute Gasteiger partial charge is 0.417 e. The van der Waals surface area contributed by atoms with Crippen molar-refractivity contribution in [3.8, 4) is 0 Å². The minimum atomic E-state index is -5.19. The SMILES string of the molecule is CC(=O)N[C@](F)(C(=O)O)C(O)(F)F. The van der Waals surface area contributed by atoms with Gasteiger partial charge in [0.2, 0.25) is 5.91 Å². The molecular formula is C5H6F3NO4. The van der Waals surface area contributed by atoms with E-state index in [0.29, 0.717) is 6.92 Å². The van der Waals surface area contributed by atoms with E-state index in [1.54, 1.807) is 0 Å². The van der Waals surface area contributed by atoms with Crippen LogP contribution in [0.2, 0.25) is 0 Å². The molecule has 3 N–H and O–H groups in total. The molecular weight excluding hydrogens is 195 g/mol. The number of carbonyl (C=O) groups excluding carboxylic acids is 1. The van der Waals surface area contributed by atoms with Gasteiger partial charge in [0.05, 0.1) is 0 Å². The average molecular weight is 201 g/mol. The Hall–Kier alpha value is -1.31. The van der Waals surface area contributed by atoms with E-state index in [4.69, 9.17) is 10.2 Å². The quantitative estimate of drug-likeness (QED) is 0.535. The zero-order valence-electron chi connectivity index (χ0n) is 6.34. The van der Waals surface area contributed by atoms with Crippen molar-refractivity contribution in [2.75, 3.05) is 0 Å². The van der Waals surface area contributed by atoms with Gasteiger partial charge >= 0.3 is 17.9 Å². The predicted molar refractivity (Wildman–Crippen MR) is 32.5 cm³/mol. The maximum Gasteiger partial charge on any atom is 0.417 e. The highest BCUT2D eigenvalue weighted by molar-refractivity contribution is 5.85. The van der Waals surface area contributed by atoms with Crippen molar-refractivity contribution in [3.05, 3.63) is 0 Å². The van der Waals surface area contributed by atoms with Crippen LogP contribution in [0.1, 0.15) is 6.92 Å². The van der Waals surface area contributed by atoms with Gasteiger partial charge < -0.3 is 15.5 Å². The first kappa shape index (κ1) is 11.7. The predicted octanol–water partition coefficient (Wildman–Crippen LogP) is -0.542. The summed E-state index contributed by atoms with van der Waals surface area (Å²) in [6, 6.07) is 0. The zero-order chi connectivity index (χ0) is 10.9. The molecule has 0 fully saturated rings. The van der Waals surface area contributed by atoms with Crippen molar-refractivity contribution in [1.82, 2.24) is 5.32 Å². The lowest BCUT2D eigenvalue weighted by Gasteiger charge is -2.25. The maximum absolute atomic E-state index is 12.7. The third-order valence-corrected chi connectivity index (χ3v) is 1.06. The molecule has 76 valence electrons. The number of hydrogen-bond acceptors (Lipinski definition) is 3. The molecule has 0 heterocycles. The minimum absolute atomic E-state index is 0.628. The molecule has 0 aliphatic heterocycles. The molecule has 1 amide bonds. The van der Waals surface area contributed by atoms with Crippen molar-refractivity contribution in [2.45, 2.75) is 18.8 Å². The Morgan fingerprint density at radius 1 is 1.31 bits per heavy atom. The Kier molecular flexibility index (Phi) is 2.88. The van der Waals surface area contributed by atoms with Crippen molar-refractivity contribution < 1.29 is 33.0 Å². The van der Waals surface area contributed by atoms with Gasteiger partial charge in [0.25, 0.3) is 0 Å². The van der Waals surface area contributed by atoms with Gasteiger partial charge in [-0.25, -0.2) is 4.79 Å². The minimum Gasteiger partial charge on any atom is -0.477 e. The summed E-state index contributed by atoms with van der Waals surface area (Å²) in [7, 11) is 0. The summed E-state index contributed by atoms with van der Waals surface area (Å²) < 4.78 is 36.7. The number of alkyl halides is 3. The first-order chi connectivity index (χ1) is 5.61. The number of aliphatic carboxylic acids is 1. The van der Waals surface area contributed by atoms with Gasteiger partial charge in [-0.1, -0.05) is 0 Å². The average Bonchev–Trinajstić information content (AvgIpc) is 1.82. The summed E-state index contributed by atoms with van der Waals surface area (Å²) in [5, 5.41) is 16.6. The molecule has 0 aliphatic rings. The summed E-state index contributed by atoms with van der Waals surface area (Å²) in [5.74, 6) is -8.53. The van der Waals surface area contributed by atoms with Crippen LogP contribution in [-0.4, -0.2) is 34.0 Å². The Balaban J connectivity index is 4.96.